The monoisotopic (exact) mass is 216 g/mol. The number of halogens is 1. The Morgan fingerprint density at radius 2 is 2.14 bits per heavy atom. The first kappa shape index (κ1) is 10.3. The number of aromatic carboxylic acids is 1. The number of nitrogens with two attached hydrogens (primary N) is 1. The largest absolute Gasteiger partial charge is 0.478 e. The quantitative estimate of drug-likeness (QED) is 0.443. The molecule has 0 bridgehead atoms. The molecule has 0 atom stereocenters. The van der Waals surface area contributed by atoms with Gasteiger partial charge >= 0.3 is 5.97 Å². The first-order valence-corrected chi connectivity index (χ1v) is 3.78. The van der Waals surface area contributed by atoms with Crippen LogP contribution in [0.1, 0.15) is 10.4 Å². The highest BCUT2D eigenvalue weighted by molar-refractivity contribution is 6.33. The van der Waals surface area contributed by atoms with E-state index in [1.54, 1.807) is 0 Å². The van der Waals surface area contributed by atoms with Crippen molar-refractivity contribution in [1.29, 1.82) is 0 Å². The van der Waals surface area contributed by atoms with Crippen LogP contribution in [0.3, 0.4) is 0 Å². The minimum absolute atomic E-state index is 0.104. The molecule has 0 amide bonds. The number of benzene rings is 1. The van der Waals surface area contributed by atoms with E-state index in [0.29, 0.717) is 0 Å². The van der Waals surface area contributed by atoms with Gasteiger partial charge in [0.05, 0.1) is 10.5 Å². The van der Waals surface area contributed by atoms with Gasteiger partial charge in [0.25, 0.3) is 5.69 Å². The number of hydrogen-bond acceptors (Lipinski definition) is 4. The van der Waals surface area contributed by atoms with Crippen molar-refractivity contribution in [3.05, 3.63) is 32.8 Å². The minimum Gasteiger partial charge on any atom is -0.478 e. The van der Waals surface area contributed by atoms with Gasteiger partial charge in [-0.3, -0.25) is 10.1 Å². The highest BCUT2D eigenvalue weighted by atomic mass is 35.5. The number of carboxylic acid groups (broad SMARTS) is 1. The van der Waals surface area contributed by atoms with Crippen molar-refractivity contribution in [2.45, 2.75) is 0 Å². The third-order valence-electron chi connectivity index (χ3n) is 1.55. The molecule has 0 saturated carbocycles. The first-order valence-electron chi connectivity index (χ1n) is 3.40. The maximum Gasteiger partial charge on any atom is 0.338 e. The molecule has 74 valence electrons. The Morgan fingerprint density at radius 3 is 2.57 bits per heavy atom. The van der Waals surface area contributed by atoms with E-state index in [2.05, 4.69) is 0 Å². The van der Waals surface area contributed by atoms with Crippen LogP contribution in [0.25, 0.3) is 0 Å². The van der Waals surface area contributed by atoms with Crippen molar-refractivity contribution < 1.29 is 14.8 Å². The number of carbonyl (C=O) groups is 1. The van der Waals surface area contributed by atoms with E-state index in [9.17, 15) is 14.9 Å². The number of nitrogens with zero attached hydrogens (tertiary/aromatic N) is 1. The van der Waals surface area contributed by atoms with Gasteiger partial charge in [0.2, 0.25) is 0 Å². The number of rotatable bonds is 2. The van der Waals surface area contributed by atoms with Gasteiger partial charge in [-0.2, -0.15) is 0 Å². The highest BCUT2D eigenvalue weighted by Crippen LogP contribution is 2.29. The molecule has 14 heavy (non-hydrogen) atoms. The molecule has 1 aromatic rings. The summed E-state index contributed by atoms with van der Waals surface area (Å²) in [6, 6.07) is 1.88. The van der Waals surface area contributed by atoms with Crippen LogP contribution in [0.4, 0.5) is 11.4 Å². The maximum atomic E-state index is 10.6. The van der Waals surface area contributed by atoms with Crippen LogP contribution < -0.4 is 5.73 Å². The lowest BCUT2D eigenvalue weighted by Crippen LogP contribution is -2.03. The second kappa shape index (κ2) is 3.51. The van der Waals surface area contributed by atoms with E-state index < -0.39 is 16.6 Å². The summed E-state index contributed by atoms with van der Waals surface area (Å²) < 4.78 is 0. The molecule has 0 unspecified atom stereocenters. The molecular formula is C7H5ClN2O4. The summed E-state index contributed by atoms with van der Waals surface area (Å²) in [7, 11) is 0. The highest BCUT2D eigenvalue weighted by Gasteiger charge is 2.18. The molecule has 0 saturated heterocycles. The predicted molar refractivity (Wildman–Crippen MR) is 49.5 cm³/mol. The van der Waals surface area contributed by atoms with Crippen molar-refractivity contribution in [2.24, 2.45) is 0 Å². The van der Waals surface area contributed by atoms with E-state index in [1.807, 2.05) is 0 Å². The van der Waals surface area contributed by atoms with Crippen molar-refractivity contribution >= 4 is 28.9 Å². The van der Waals surface area contributed by atoms with Gasteiger partial charge in [0.15, 0.2) is 0 Å². The van der Waals surface area contributed by atoms with E-state index in [-0.39, 0.29) is 16.3 Å². The van der Waals surface area contributed by atoms with Gasteiger partial charge in [0, 0.05) is 11.8 Å². The van der Waals surface area contributed by atoms with Gasteiger partial charge in [-0.15, -0.1) is 0 Å². The Morgan fingerprint density at radius 1 is 1.57 bits per heavy atom. The molecule has 0 spiro atoms. The fraction of sp³-hybridized carbons (Fsp3) is 0. The van der Waals surface area contributed by atoms with Crippen molar-refractivity contribution in [1.82, 2.24) is 0 Å². The Labute approximate surface area is 83.0 Å². The minimum atomic E-state index is -1.33. The Balaban J connectivity index is 3.42. The molecule has 3 N–H and O–H groups in total. The van der Waals surface area contributed by atoms with Crippen LogP contribution >= 0.6 is 11.6 Å². The lowest BCUT2D eigenvalue weighted by Gasteiger charge is -2.01. The third-order valence-corrected chi connectivity index (χ3v) is 1.85. The summed E-state index contributed by atoms with van der Waals surface area (Å²) in [4.78, 5) is 20.2. The Hall–Kier alpha value is -1.82. The normalized spacial score (nSPS) is 9.79. The second-order valence-electron chi connectivity index (χ2n) is 2.45. The fourth-order valence-corrected chi connectivity index (χ4v) is 1.14. The number of nitro benzene ring substituents is 1. The van der Waals surface area contributed by atoms with E-state index in [1.165, 1.54) is 0 Å². The molecule has 0 aliphatic carbocycles. The lowest BCUT2D eigenvalue weighted by atomic mass is 10.1. The van der Waals surface area contributed by atoms with Crippen LogP contribution in [0.15, 0.2) is 12.1 Å². The van der Waals surface area contributed by atoms with Crippen LogP contribution in [-0.4, -0.2) is 16.0 Å². The maximum absolute atomic E-state index is 10.6. The molecule has 0 aliphatic heterocycles. The van der Waals surface area contributed by atoms with Crippen LogP contribution in [-0.2, 0) is 0 Å². The smallest absolute Gasteiger partial charge is 0.338 e. The van der Waals surface area contributed by atoms with Gasteiger partial charge < -0.3 is 10.8 Å². The predicted octanol–water partition coefficient (Wildman–Crippen LogP) is 1.53. The molecular weight excluding hydrogens is 212 g/mol. The zero-order chi connectivity index (χ0) is 10.9. The molecule has 6 nitrogen and oxygen atoms in total. The van der Waals surface area contributed by atoms with Crippen LogP contribution in [0.5, 0.6) is 0 Å². The third kappa shape index (κ3) is 1.74. The summed E-state index contributed by atoms with van der Waals surface area (Å²) in [5.41, 5.74) is 4.39. The van der Waals surface area contributed by atoms with Gasteiger partial charge in [-0.05, 0) is 6.07 Å². The number of carboxylic acids is 1. The average molecular weight is 217 g/mol. The fourth-order valence-electron chi connectivity index (χ4n) is 0.902. The zero-order valence-electron chi connectivity index (χ0n) is 6.73. The summed E-state index contributed by atoms with van der Waals surface area (Å²) in [5.74, 6) is -1.33. The standard InChI is InChI=1S/C7H5ClN2O4/c8-4-2-5(9)3(7(11)12)1-6(4)10(13)14/h1-2H,9H2,(H,11,12). The Bertz CT molecular complexity index is 383. The molecule has 7 heteroatoms. The molecule has 1 aromatic carbocycles. The molecule has 0 fully saturated rings. The number of nitrogen functional groups attached to an aromatic ring is 1. The van der Waals surface area contributed by atoms with Gasteiger partial charge in [-0.1, -0.05) is 11.6 Å². The van der Waals surface area contributed by atoms with Crippen molar-refractivity contribution in [2.75, 3.05) is 5.73 Å². The summed E-state index contributed by atoms with van der Waals surface area (Å²) in [5, 5.41) is 18.8. The van der Waals surface area contributed by atoms with Crippen LogP contribution in [0, 0.1) is 10.1 Å². The average Bonchev–Trinajstić information content (AvgIpc) is 2.02. The number of anilines is 1. The van der Waals surface area contributed by atoms with Gasteiger partial charge in [-0.25, -0.2) is 4.79 Å². The van der Waals surface area contributed by atoms with Crippen LogP contribution in [0.2, 0.25) is 5.02 Å². The molecule has 0 heterocycles. The molecule has 0 aromatic heterocycles. The van der Waals surface area contributed by atoms with Gasteiger partial charge in [0.1, 0.15) is 5.02 Å². The van der Waals surface area contributed by atoms with E-state index in [4.69, 9.17) is 22.4 Å². The molecule has 1 rings (SSSR count). The number of nitro groups is 1. The topological polar surface area (TPSA) is 106 Å². The zero-order valence-corrected chi connectivity index (χ0v) is 7.49. The molecule has 0 radical (unpaired) electrons. The number of hydrogen-bond donors (Lipinski definition) is 2. The van der Waals surface area contributed by atoms with Crippen molar-refractivity contribution in [3.63, 3.8) is 0 Å². The van der Waals surface area contributed by atoms with E-state index in [0.717, 1.165) is 12.1 Å². The SMILES string of the molecule is Nc1cc(Cl)c([N+](=O)[O-])cc1C(=O)O. The first-order chi connectivity index (χ1) is 6.43. The Kier molecular flexibility index (Phi) is 2.57. The summed E-state index contributed by atoms with van der Waals surface area (Å²) in [6.07, 6.45) is 0. The lowest BCUT2D eigenvalue weighted by molar-refractivity contribution is -0.384. The summed E-state index contributed by atoms with van der Waals surface area (Å²) >= 11 is 5.49. The summed E-state index contributed by atoms with van der Waals surface area (Å²) in [6.45, 7) is 0. The van der Waals surface area contributed by atoms with E-state index >= 15 is 0 Å². The molecule has 0 aliphatic rings. The second-order valence-corrected chi connectivity index (χ2v) is 2.86. The van der Waals surface area contributed by atoms with Crippen molar-refractivity contribution in [3.8, 4) is 0 Å².